The maximum Gasteiger partial charge on any atom is 0.328 e. The predicted octanol–water partition coefficient (Wildman–Crippen LogP) is 4.23. The average molecular weight is 336 g/mol. The molecule has 2 rings (SSSR count). The molecular formula is C21H20O4. The van der Waals surface area contributed by atoms with Crippen LogP contribution < -0.4 is 0 Å². The summed E-state index contributed by atoms with van der Waals surface area (Å²) in [6.45, 7) is 2.14. The summed E-state index contributed by atoms with van der Waals surface area (Å²) in [4.78, 5) is 21.0. The monoisotopic (exact) mass is 336 g/mol. The lowest BCUT2D eigenvalue weighted by Crippen LogP contribution is -1.98. The molecule has 0 spiro atoms. The Balaban J connectivity index is 2.00. The molecule has 0 heterocycles. The molecule has 2 N–H and O–H groups in total. The van der Waals surface area contributed by atoms with Crippen molar-refractivity contribution in [3.63, 3.8) is 0 Å². The molecule has 0 saturated carbocycles. The van der Waals surface area contributed by atoms with Crippen LogP contribution in [-0.2, 0) is 16.0 Å². The van der Waals surface area contributed by atoms with Crippen molar-refractivity contribution in [3.8, 4) is 0 Å². The first-order valence-corrected chi connectivity index (χ1v) is 7.95. The van der Waals surface area contributed by atoms with Crippen molar-refractivity contribution in [2.45, 2.75) is 19.3 Å². The fourth-order valence-corrected chi connectivity index (χ4v) is 2.51. The number of carboxylic acids is 2. The second kappa shape index (κ2) is 8.64. The van der Waals surface area contributed by atoms with E-state index >= 15 is 0 Å². The highest BCUT2D eigenvalue weighted by Gasteiger charge is 2.06. The zero-order valence-electron chi connectivity index (χ0n) is 13.9. The summed E-state index contributed by atoms with van der Waals surface area (Å²) < 4.78 is 0. The second-order valence-electron chi connectivity index (χ2n) is 5.86. The van der Waals surface area contributed by atoms with Gasteiger partial charge in [-0.1, -0.05) is 55.5 Å². The predicted molar refractivity (Wildman–Crippen MR) is 98.3 cm³/mol. The van der Waals surface area contributed by atoms with Gasteiger partial charge in [-0.25, -0.2) is 9.59 Å². The van der Waals surface area contributed by atoms with Gasteiger partial charge in [0.15, 0.2) is 0 Å². The van der Waals surface area contributed by atoms with Crippen LogP contribution in [0.3, 0.4) is 0 Å². The van der Waals surface area contributed by atoms with E-state index in [1.54, 1.807) is 12.2 Å². The molecule has 1 atom stereocenters. The molecule has 0 aliphatic carbocycles. The maximum absolute atomic E-state index is 10.5. The van der Waals surface area contributed by atoms with Gasteiger partial charge in [-0.05, 0) is 46.7 Å². The third-order valence-corrected chi connectivity index (χ3v) is 3.86. The first-order valence-electron chi connectivity index (χ1n) is 7.95. The van der Waals surface area contributed by atoms with E-state index in [2.05, 4.69) is 6.92 Å². The normalized spacial score (nSPS) is 12.5. The van der Waals surface area contributed by atoms with Crippen molar-refractivity contribution in [1.82, 2.24) is 0 Å². The van der Waals surface area contributed by atoms with Gasteiger partial charge in [0.1, 0.15) is 0 Å². The van der Waals surface area contributed by atoms with Gasteiger partial charge >= 0.3 is 11.9 Å². The zero-order valence-corrected chi connectivity index (χ0v) is 13.9. The summed E-state index contributed by atoms with van der Waals surface area (Å²) >= 11 is 0. The number of rotatable bonds is 7. The highest BCUT2D eigenvalue weighted by Crippen LogP contribution is 2.21. The molecule has 0 aliphatic heterocycles. The zero-order chi connectivity index (χ0) is 18.2. The molecule has 128 valence electrons. The number of benzene rings is 2. The number of hydrogen-bond donors (Lipinski definition) is 2. The van der Waals surface area contributed by atoms with Gasteiger partial charge in [0.05, 0.1) is 0 Å². The van der Waals surface area contributed by atoms with Crippen LogP contribution in [0.2, 0.25) is 0 Å². The Morgan fingerprint density at radius 2 is 1.28 bits per heavy atom. The SMILES string of the molecule is CC(Cc1ccc(C=CC(=O)O)cc1)c1ccc(C=CC(=O)O)cc1. The quantitative estimate of drug-likeness (QED) is 0.742. The van der Waals surface area contributed by atoms with Crippen LogP contribution in [0.4, 0.5) is 0 Å². The van der Waals surface area contributed by atoms with E-state index in [-0.39, 0.29) is 0 Å². The second-order valence-corrected chi connectivity index (χ2v) is 5.86. The molecule has 0 aliphatic rings. The molecular weight excluding hydrogens is 316 g/mol. The van der Waals surface area contributed by atoms with Crippen LogP contribution in [0.25, 0.3) is 12.2 Å². The molecule has 4 heteroatoms. The largest absolute Gasteiger partial charge is 0.478 e. The van der Waals surface area contributed by atoms with Gasteiger partial charge < -0.3 is 10.2 Å². The van der Waals surface area contributed by atoms with Gasteiger partial charge in [0, 0.05) is 12.2 Å². The Labute approximate surface area is 146 Å². The fraction of sp³-hybridized carbons (Fsp3) is 0.143. The van der Waals surface area contributed by atoms with Crippen LogP contribution in [0, 0.1) is 0 Å². The third-order valence-electron chi connectivity index (χ3n) is 3.86. The number of hydrogen-bond acceptors (Lipinski definition) is 2. The van der Waals surface area contributed by atoms with E-state index in [9.17, 15) is 9.59 Å². The van der Waals surface area contributed by atoms with Crippen LogP contribution in [-0.4, -0.2) is 22.2 Å². The van der Waals surface area contributed by atoms with E-state index in [0.717, 1.165) is 29.7 Å². The molecule has 0 fully saturated rings. The lowest BCUT2D eigenvalue weighted by Gasteiger charge is -2.12. The molecule has 0 aromatic heterocycles. The van der Waals surface area contributed by atoms with Crippen molar-refractivity contribution in [3.05, 3.63) is 82.9 Å². The minimum Gasteiger partial charge on any atom is -0.478 e. The Morgan fingerprint density at radius 1 is 0.840 bits per heavy atom. The molecule has 2 aromatic carbocycles. The fourth-order valence-electron chi connectivity index (χ4n) is 2.51. The minimum atomic E-state index is -0.959. The van der Waals surface area contributed by atoms with Crippen LogP contribution in [0.5, 0.6) is 0 Å². The molecule has 0 radical (unpaired) electrons. The lowest BCUT2D eigenvalue weighted by molar-refractivity contribution is -0.132. The minimum absolute atomic E-state index is 0.318. The van der Waals surface area contributed by atoms with E-state index in [4.69, 9.17) is 10.2 Å². The van der Waals surface area contributed by atoms with Crippen molar-refractivity contribution in [1.29, 1.82) is 0 Å². The van der Waals surface area contributed by atoms with Crippen LogP contribution in [0.15, 0.2) is 60.7 Å². The average Bonchev–Trinajstić information content (AvgIpc) is 2.59. The molecule has 1 unspecified atom stereocenters. The molecule has 2 aromatic rings. The number of carbonyl (C=O) groups is 2. The van der Waals surface area contributed by atoms with Crippen molar-refractivity contribution in [2.24, 2.45) is 0 Å². The third kappa shape index (κ3) is 6.11. The Bertz CT molecular complexity index is 784. The van der Waals surface area contributed by atoms with E-state index < -0.39 is 11.9 Å². The Hall–Kier alpha value is -3.14. The molecule has 0 bridgehead atoms. The summed E-state index contributed by atoms with van der Waals surface area (Å²) in [5.74, 6) is -1.60. The summed E-state index contributed by atoms with van der Waals surface area (Å²) in [6.07, 6.45) is 6.25. The van der Waals surface area contributed by atoms with Crippen LogP contribution >= 0.6 is 0 Å². The van der Waals surface area contributed by atoms with Gasteiger partial charge in [-0.15, -0.1) is 0 Å². The Morgan fingerprint density at radius 3 is 1.72 bits per heavy atom. The first kappa shape index (κ1) is 18.2. The van der Waals surface area contributed by atoms with Gasteiger partial charge in [0.2, 0.25) is 0 Å². The highest BCUT2D eigenvalue weighted by molar-refractivity contribution is 5.85. The highest BCUT2D eigenvalue weighted by atomic mass is 16.4. The van der Waals surface area contributed by atoms with Crippen molar-refractivity contribution in [2.75, 3.05) is 0 Å². The number of aliphatic carboxylic acids is 2. The summed E-state index contributed by atoms with van der Waals surface area (Å²) in [7, 11) is 0. The van der Waals surface area contributed by atoms with Gasteiger partial charge in [-0.3, -0.25) is 0 Å². The maximum atomic E-state index is 10.5. The Kier molecular flexibility index (Phi) is 6.29. The number of carboxylic acid groups (broad SMARTS) is 2. The smallest absolute Gasteiger partial charge is 0.328 e. The molecule has 25 heavy (non-hydrogen) atoms. The summed E-state index contributed by atoms with van der Waals surface area (Å²) in [6, 6.07) is 15.6. The van der Waals surface area contributed by atoms with Crippen LogP contribution in [0.1, 0.15) is 35.1 Å². The summed E-state index contributed by atoms with van der Waals surface area (Å²) in [5, 5.41) is 17.3. The standard InChI is InChI=1S/C21H20O4/c1-15(19-10-6-17(7-11-19)9-13-21(24)25)14-18-4-2-16(3-5-18)8-12-20(22)23/h2-13,15H,14H2,1H3,(H,22,23)(H,24,25). The molecule has 4 nitrogen and oxygen atoms in total. The van der Waals surface area contributed by atoms with E-state index in [1.807, 2.05) is 48.5 Å². The lowest BCUT2D eigenvalue weighted by atomic mass is 9.92. The van der Waals surface area contributed by atoms with E-state index in [0.29, 0.717) is 5.92 Å². The first-order chi connectivity index (χ1) is 11.9. The van der Waals surface area contributed by atoms with Crippen molar-refractivity contribution < 1.29 is 19.8 Å². The summed E-state index contributed by atoms with van der Waals surface area (Å²) in [5.41, 5.74) is 4.07. The van der Waals surface area contributed by atoms with E-state index in [1.165, 1.54) is 11.1 Å². The topological polar surface area (TPSA) is 74.6 Å². The van der Waals surface area contributed by atoms with Gasteiger partial charge in [-0.2, -0.15) is 0 Å². The van der Waals surface area contributed by atoms with Crippen molar-refractivity contribution >= 4 is 24.1 Å². The molecule has 0 saturated heterocycles. The molecule has 0 amide bonds. The van der Waals surface area contributed by atoms with Gasteiger partial charge in [0.25, 0.3) is 0 Å².